The molecule has 4 nitrogen and oxygen atoms in total. The van der Waals surface area contributed by atoms with E-state index in [0.29, 0.717) is 5.69 Å². The van der Waals surface area contributed by atoms with Crippen molar-refractivity contribution in [1.29, 1.82) is 0 Å². The molecule has 4 heteroatoms. The number of rotatable bonds is 6. The second kappa shape index (κ2) is 9.33. The number of nitrogens with one attached hydrogen (secondary N) is 1. The second-order valence-corrected chi connectivity index (χ2v) is 6.43. The first-order valence-electron chi connectivity index (χ1n) is 9.05. The smallest absolute Gasteiger partial charge is 0.246 e. The molecule has 0 aromatic heterocycles. The Labute approximate surface area is 165 Å². The van der Waals surface area contributed by atoms with Gasteiger partial charge in [0.05, 0.1) is 6.54 Å². The zero-order chi connectivity index (χ0) is 19.8. The first-order valence-corrected chi connectivity index (χ1v) is 9.05. The molecule has 0 saturated carbocycles. The average molecular weight is 370 g/mol. The Morgan fingerprint density at radius 2 is 1.50 bits per heavy atom. The van der Waals surface area contributed by atoms with Gasteiger partial charge < -0.3 is 10.2 Å². The van der Waals surface area contributed by atoms with Crippen LogP contribution in [0.3, 0.4) is 0 Å². The van der Waals surface area contributed by atoms with Gasteiger partial charge in [-0.05, 0) is 41.0 Å². The number of carbonyl (C=O) groups excluding carboxylic acids is 2. The van der Waals surface area contributed by atoms with Gasteiger partial charge in [-0.15, -0.1) is 0 Å². The fourth-order valence-corrected chi connectivity index (χ4v) is 2.76. The summed E-state index contributed by atoms with van der Waals surface area (Å²) in [6.45, 7) is -0.0118. The summed E-state index contributed by atoms with van der Waals surface area (Å²) in [6.07, 6.45) is 3.25. The number of para-hydroxylation sites is 1. The third kappa shape index (κ3) is 5.42. The summed E-state index contributed by atoms with van der Waals surface area (Å²) in [6, 6.07) is 27.2. The van der Waals surface area contributed by atoms with Gasteiger partial charge in [-0.3, -0.25) is 9.59 Å². The molecule has 28 heavy (non-hydrogen) atoms. The summed E-state index contributed by atoms with van der Waals surface area (Å²) in [4.78, 5) is 25.8. The van der Waals surface area contributed by atoms with Crippen LogP contribution in [0.2, 0.25) is 0 Å². The molecule has 140 valence electrons. The number of benzene rings is 3. The monoisotopic (exact) mass is 370 g/mol. The third-order valence-electron chi connectivity index (χ3n) is 4.23. The molecule has 1 N–H and O–H groups in total. The van der Waals surface area contributed by atoms with E-state index in [1.165, 1.54) is 11.0 Å². The normalized spacial score (nSPS) is 10.6. The van der Waals surface area contributed by atoms with E-state index in [1.807, 2.05) is 72.8 Å². The number of nitrogens with zero attached hydrogens (tertiary/aromatic N) is 1. The van der Waals surface area contributed by atoms with Crippen molar-refractivity contribution >= 4 is 23.6 Å². The Morgan fingerprint density at radius 3 is 2.21 bits per heavy atom. The molecule has 0 aliphatic carbocycles. The molecule has 3 rings (SSSR count). The van der Waals surface area contributed by atoms with Crippen LogP contribution in [0.4, 0.5) is 5.69 Å². The van der Waals surface area contributed by atoms with Crippen molar-refractivity contribution in [2.75, 3.05) is 18.9 Å². The van der Waals surface area contributed by atoms with Gasteiger partial charge in [0.15, 0.2) is 0 Å². The van der Waals surface area contributed by atoms with Crippen molar-refractivity contribution < 1.29 is 9.59 Å². The third-order valence-corrected chi connectivity index (χ3v) is 4.23. The van der Waals surface area contributed by atoms with E-state index in [2.05, 4.69) is 5.32 Å². The summed E-state index contributed by atoms with van der Waals surface area (Å²) >= 11 is 0. The molecule has 0 saturated heterocycles. The van der Waals surface area contributed by atoms with Gasteiger partial charge in [-0.25, -0.2) is 0 Å². The fraction of sp³-hybridized carbons (Fsp3) is 0.0833. The van der Waals surface area contributed by atoms with Gasteiger partial charge in [0, 0.05) is 18.8 Å². The molecule has 0 aliphatic heterocycles. The van der Waals surface area contributed by atoms with Gasteiger partial charge in [-0.1, -0.05) is 66.7 Å². The number of carbonyl (C=O) groups is 2. The number of amides is 2. The van der Waals surface area contributed by atoms with Crippen LogP contribution in [0.5, 0.6) is 0 Å². The SMILES string of the molecule is CN(CC(=O)Nc1ccccc1)C(=O)C=Cc1cccc(-c2ccccc2)c1. The largest absolute Gasteiger partial charge is 0.333 e. The van der Waals surface area contributed by atoms with Crippen molar-refractivity contribution in [2.45, 2.75) is 0 Å². The van der Waals surface area contributed by atoms with Crippen molar-refractivity contribution in [3.05, 3.63) is 96.6 Å². The minimum absolute atomic E-state index is 0.0118. The molecule has 0 spiro atoms. The molecule has 0 atom stereocenters. The summed E-state index contributed by atoms with van der Waals surface area (Å²) < 4.78 is 0. The van der Waals surface area contributed by atoms with Crippen LogP contribution in [0.15, 0.2) is 91.0 Å². The van der Waals surface area contributed by atoms with E-state index in [0.717, 1.165) is 16.7 Å². The quantitative estimate of drug-likeness (QED) is 0.651. The molecule has 0 aliphatic rings. The van der Waals surface area contributed by atoms with Crippen LogP contribution < -0.4 is 5.32 Å². The first-order chi connectivity index (χ1) is 13.6. The summed E-state index contributed by atoms with van der Waals surface area (Å²) in [5, 5.41) is 2.77. The lowest BCUT2D eigenvalue weighted by Gasteiger charge is -2.14. The van der Waals surface area contributed by atoms with E-state index >= 15 is 0 Å². The Hall–Kier alpha value is -3.66. The van der Waals surface area contributed by atoms with Crippen molar-refractivity contribution in [3.63, 3.8) is 0 Å². The highest BCUT2D eigenvalue weighted by atomic mass is 16.2. The van der Waals surface area contributed by atoms with Crippen molar-refractivity contribution in [3.8, 4) is 11.1 Å². The average Bonchev–Trinajstić information content (AvgIpc) is 2.73. The van der Waals surface area contributed by atoms with Gasteiger partial charge in [0.25, 0.3) is 0 Å². The van der Waals surface area contributed by atoms with Crippen LogP contribution >= 0.6 is 0 Å². The van der Waals surface area contributed by atoms with E-state index in [-0.39, 0.29) is 18.4 Å². The van der Waals surface area contributed by atoms with Crippen LogP contribution in [-0.2, 0) is 9.59 Å². The van der Waals surface area contributed by atoms with Crippen molar-refractivity contribution in [2.24, 2.45) is 0 Å². The van der Waals surface area contributed by atoms with Crippen molar-refractivity contribution in [1.82, 2.24) is 4.90 Å². The molecule has 0 unspecified atom stereocenters. The van der Waals surface area contributed by atoms with E-state index in [4.69, 9.17) is 0 Å². The highest BCUT2D eigenvalue weighted by molar-refractivity contribution is 5.97. The molecule has 0 radical (unpaired) electrons. The molecule has 3 aromatic rings. The molecular formula is C24H22N2O2. The molecule has 0 heterocycles. The van der Waals surface area contributed by atoms with E-state index < -0.39 is 0 Å². The minimum Gasteiger partial charge on any atom is -0.333 e. The summed E-state index contributed by atoms with van der Waals surface area (Å²) in [5.41, 5.74) is 3.85. The van der Waals surface area contributed by atoms with Crippen LogP contribution in [0.1, 0.15) is 5.56 Å². The molecule has 3 aromatic carbocycles. The maximum absolute atomic E-state index is 12.3. The van der Waals surface area contributed by atoms with E-state index in [1.54, 1.807) is 25.3 Å². The highest BCUT2D eigenvalue weighted by Gasteiger charge is 2.10. The summed E-state index contributed by atoms with van der Waals surface area (Å²) in [5.74, 6) is -0.463. The van der Waals surface area contributed by atoms with Gasteiger partial charge in [-0.2, -0.15) is 0 Å². The van der Waals surface area contributed by atoms with Crippen LogP contribution in [0.25, 0.3) is 17.2 Å². The second-order valence-electron chi connectivity index (χ2n) is 6.43. The zero-order valence-corrected chi connectivity index (χ0v) is 15.7. The number of hydrogen-bond donors (Lipinski definition) is 1. The summed E-state index contributed by atoms with van der Waals surface area (Å²) in [7, 11) is 1.61. The maximum atomic E-state index is 12.3. The Kier molecular flexibility index (Phi) is 6.37. The van der Waals surface area contributed by atoms with E-state index in [9.17, 15) is 9.59 Å². The fourth-order valence-electron chi connectivity index (χ4n) is 2.76. The lowest BCUT2D eigenvalue weighted by molar-refractivity contribution is -0.129. The Bertz CT molecular complexity index is 966. The topological polar surface area (TPSA) is 49.4 Å². The lowest BCUT2D eigenvalue weighted by Crippen LogP contribution is -2.33. The van der Waals surface area contributed by atoms with Crippen LogP contribution in [-0.4, -0.2) is 30.3 Å². The lowest BCUT2D eigenvalue weighted by atomic mass is 10.0. The number of likely N-dealkylation sites (N-methyl/N-ethyl adjacent to an activating group) is 1. The zero-order valence-electron chi connectivity index (χ0n) is 15.7. The first kappa shape index (κ1) is 19.1. The van der Waals surface area contributed by atoms with Gasteiger partial charge in [0.1, 0.15) is 0 Å². The standard InChI is InChI=1S/C24H22N2O2/c1-26(18-23(27)25-22-13-6-3-7-14-22)24(28)16-15-19-9-8-12-21(17-19)20-10-4-2-5-11-20/h2-17H,18H2,1H3,(H,25,27). The molecule has 0 bridgehead atoms. The molecular weight excluding hydrogens is 348 g/mol. The number of hydrogen-bond acceptors (Lipinski definition) is 2. The molecule has 0 fully saturated rings. The Morgan fingerprint density at radius 1 is 0.857 bits per heavy atom. The predicted octanol–water partition coefficient (Wildman–Crippen LogP) is 4.46. The Balaban J connectivity index is 1.59. The minimum atomic E-state index is -0.235. The maximum Gasteiger partial charge on any atom is 0.246 e. The van der Waals surface area contributed by atoms with Crippen LogP contribution in [0, 0.1) is 0 Å². The molecule has 2 amide bonds. The predicted molar refractivity (Wildman–Crippen MR) is 114 cm³/mol. The number of anilines is 1. The van der Waals surface area contributed by atoms with Gasteiger partial charge in [0.2, 0.25) is 11.8 Å². The highest BCUT2D eigenvalue weighted by Crippen LogP contribution is 2.20. The van der Waals surface area contributed by atoms with Gasteiger partial charge >= 0.3 is 0 Å².